The van der Waals surface area contributed by atoms with Crippen molar-refractivity contribution < 1.29 is 14.6 Å². The summed E-state index contributed by atoms with van der Waals surface area (Å²) >= 11 is 0. The smallest absolute Gasteiger partial charge is 0.341 e. The number of carboxylic acids is 1. The van der Waals surface area contributed by atoms with Crippen molar-refractivity contribution in [2.45, 2.75) is 13.0 Å². The summed E-state index contributed by atoms with van der Waals surface area (Å²) in [4.78, 5) is 24.1. The van der Waals surface area contributed by atoms with Crippen LogP contribution in [0.15, 0.2) is 35.3 Å². The molecule has 2 N–H and O–H groups in total. The van der Waals surface area contributed by atoms with Gasteiger partial charge in [-0.15, -0.1) is 0 Å². The van der Waals surface area contributed by atoms with Crippen molar-refractivity contribution in [3.8, 4) is 11.4 Å². The van der Waals surface area contributed by atoms with E-state index in [1.54, 1.807) is 37.6 Å². The lowest BCUT2D eigenvalue weighted by Crippen LogP contribution is -2.33. The van der Waals surface area contributed by atoms with Gasteiger partial charge in [0.05, 0.1) is 12.8 Å². The summed E-state index contributed by atoms with van der Waals surface area (Å²) in [5.41, 5.74) is 1.41. The van der Waals surface area contributed by atoms with Crippen molar-refractivity contribution in [3.63, 3.8) is 0 Å². The molecule has 114 valence electrons. The molecule has 0 fully saturated rings. The van der Waals surface area contributed by atoms with Crippen LogP contribution in [0.25, 0.3) is 5.69 Å². The number of fused-ring (bicyclic) bond motifs is 1. The van der Waals surface area contributed by atoms with Crippen LogP contribution in [0.1, 0.15) is 21.5 Å². The highest BCUT2D eigenvalue weighted by Gasteiger charge is 2.23. The summed E-state index contributed by atoms with van der Waals surface area (Å²) in [6.07, 6.45) is 2.26. The van der Waals surface area contributed by atoms with Crippen molar-refractivity contribution in [3.05, 3.63) is 57.5 Å². The average Bonchev–Trinajstić information content (AvgIpc) is 2.54. The van der Waals surface area contributed by atoms with E-state index in [4.69, 9.17) is 4.74 Å². The number of nitrogens with zero attached hydrogens (tertiary/aromatic N) is 1. The van der Waals surface area contributed by atoms with Gasteiger partial charge < -0.3 is 15.2 Å². The van der Waals surface area contributed by atoms with E-state index in [1.165, 1.54) is 4.57 Å². The number of pyridine rings is 1. The van der Waals surface area contributed by atoms with Gasteiger partial charge in [0.15, 0.2) is 0 Å². The Morgan fingerprint density at radius 2 is 2.23 bits per heavy atom. The Bertz CT molecular complexity index is 795. The van der Waals surface area contributed by atoms with Gasteiger partial charge in [-0.05, 0) is 36.2 Å². The Morgan fingerprint density at radius 1 is 1.41 bits per heavy atom. The van der Waals surface area contributed by atoms with Crippen molar-refractivity contribution in [1.29, 1.82) is 0 Å². The largest absolute Gasteiger partial charge is 0.497 e. The number of benzene rings is 1. The third-order valence-electron chi connectivity index (χ3n) is 3.82. The van der Waals surface area contributed by atoms with Gasteiger partial charge in [0.1, 0.15) is 11.3 Å². The third kappa shape index (κ3) is 2.37. The minimum absolute atomic E-state index is 0.137. The molecule has 6 nitrogen and oxygen atoms in total. The van der Waals surface area contributed by atoms with Gasteiger partial charge in [-0.1, -0.05) is 6.07 Å². The number of aromatic carboxylic acids is 1. The molecule has 0 amide bonds. The predicted octanol–water partition coefficient (Wildman–Crippen LogP) is 1.19. The standard InChI is InChI=1S/C16H16N2O4/c1-22-12-4-2-3-11(7-12)18-9-10-8-17-6-5-13(10)14(15(18)19)16(20)21/h2-4,7,9,17H,5-6,8H2,1H3,(H,20,21). The van der Waals surface area contributed by atoms with Crippen LogP contribution in [0, 0.1) is 0 Å². The van der Waals surface area contributed by atoms with Gasteiger partial charge in [0.25, 0.3) is 5.56 Å². The Kier molecular flexibility index (Phi) is 3.68. The molecule has 0 aliphatic carbocycles. The van der Waals surface area contributed by atoms with Crippen molar-refractivity contribution in [1.82, 2.24) is 9.88 Å². The first-order chi connectivity index (χ1) is 10.6. The monoisotopic (exact) mass is 300 g/mol. The van der Waals surface area contributed by atoms with Gasteiger partial charge in [0, 0.05) is 18.8 Å². The number of rotatable bonds is 3. The van der Waals surface area contributed by atoms with E-state index in [0.29, 0.717) is 36.5 Å². The van der Waals surface area contributed by atoms with Crippen LogP contribution in [0.4, 0.5) is 0 Å². The minimum Gasteiger partial charge on any atom is -0.497 e. The second-order valence-electron chi connectivity index (χ2n) is 5.12. The summed E-state index contributed by atoms with van der Waals surface area (Å²) in [5, 5.41) is 12.6. The van der Waals surface area contributed by atoms with Crippen LogP contribution >= 0.6 is 0 Å². The summed E-state index contributed by atoms with van der Waals surface area (Å²) in [6, 6.07) is 6.99. The second-order valence-corrected chi connectivity index (χ2v) is 5.12. The molecule has 0 atom stereocenters. The lowest BCUT2D eigenvalue weighted by atomic mass is 9.97. The normalized spacial score (nSPS) is 13.5. The summed E-state index contributed by atoms with van der Waals surface area (Å²) in [5.74, 6) is -0.572. The predicted molar refractivity (Wildman–Crippen MR) is 81.0 cm³/mol. The highest BCUT2D eigenvalue weighted by Crippen LogP contribution is 2.20. The fourth-order valence-corrected chi connectivity index (χ4v) is 2.75. The quantitative estimate of drug-likeness (QED) is 0.890. The number of hydrogen-bond acceptors (Lipinski definition) is 4. The first kappa shape index (κ1) is 14.3. The number of aromatic nitrogens is 1. The summed E-state index contributed by atoms with van der Waals surface area (Å²) in [7, 11) is 1.54. The fraction of sp³-hybridized carbons (Fsp3) is 0.250. The maximum absolute atomic E-state index is 12.6. The fourth-order valence-electron chi connectivity index (χ4n) is 2.75. The molecule has 0 bridgehead atoms. The van der Waals surface area contributed by atoms with Crippen LogP contribution < -0.4 is 15.6 Å². The molecule has 0 saturated carbocycles. The molecular weight excluding hydrogens is 284 g/mol. The number of ether oxygens (including phenoxy) is 1. The van der Waals surface area contributed by atoms with Crippen LogP contribution in [0.2, 0.25) is 0 Å². The van der Waals surface area contributed by atoms with Gasteiger partial charge in [-0.25, -0.2) is 4.79 Å². The average molecular weight is 300 g/mol. The lowest BCUT2D eigenvalue weighted by molar-refractivity contribution is 0.0693. The van der Waals surface area contributed by atoms with Crippen LogP contribution in [-0.4, -0.2) is 29.3 Å². The zero-order valence-corrected chi connectivity index (χ0v) is 12.1. The summed E-state index contributed by atoms with van der Waals surface area (Å²) in [6.45, 7) is 1.23. The molecule has 2 heterocycles. The highest BCUT2D eigenvalue weighted by atomic mass is 16.5. The Morgan fingerprint density at radius 3 is 2.95 bits per heavy atom. The van der Waals surface area contributed by atoms with Crippen molar-refractivity contribution in [2.75, 3.05) is 13.7 Å². The van der Waals surface area contributed by atoms with Gasteiger partial charge in [-0.2, -0.15) is 0 Å². The van der Waals surface area contributed by atoms with E-state index < -0.39 is 11.5 Å². The molecule has 0 saturated heterocycles. The molecule has 1 aliphatic heterocycles. The molecule has 0 unspecified atom stereocenters. The highest BCUT2D eigenvalue weighted by molar-refractivity contribution is 5.89. The molecule has 3 rings (SSSR count). The number of carboxylic acid groups (broad SMARTS) is 1. The zero-order valence-electron chi connectivity index (χ0n) is 12.1. The topological polar surface area (TPSA) is 80.6 Å². The molecule has 6 heteroatoms. The molecule has 0 radical (unpaired) electrons. The first-order valence-electron chi connectivity index (χ1n) is 6.97. The SMILES string of the molecule is COc1cccc(-n2cc3c(c(C(=O)O)c2=O)CCNC3)c1. The van der Waals surface area contributed by atoms with E-state index in [2.05, 4.69) is 5.32 Å². The molecule has 1 aromatic carbocycles. The number of carbonyl (C=O) groups is 1. The van der Waals surface area contributed by atoms with Crippen molar-refractivity contribution >= 4 is 5.97 Å². The van der Waals surface area contributed by atoms with Gasteiger partial charge in [0.2, 0.25) is 0 Å². The number of methoxy groups -OCH3 is 1. The van der Waals surface area contributed by atoms with Gasteiger partial charge in [-0.3, -0.25) is 9.36 Å². The lowest BCUT2D eigenvalue weighted by Gasteiger charge is -2.21. The molecule has 0 spiro atoms. The second kappa shape index (κ2) is 5.65. The number of hydrogen-bond donors (Lipinski definition) is 2. The molecule has 2 aromatic rings. The third-order valence-corrected chi connectivity index (χ3v) is 3.82. The minimum atomic E-state index is -1.18. The van der Waals surface area contributed by atoms with Crippen molar-refractivity contribution in [2.24, 2.45) is 0 Å². The van der Waals surface area contributed by atoms with E-state index in [1.807, 2.05) is 0 Å². The Labute approximate surface area is 127 Å². The maximum atomic E-state index is 12.6. The van der Waals surface area contributed by atoms with E-state index >= 15 is 0 Å². The van der Waals surface area contributed by atoms with Crippen LogP contribution in [0.5, 0.6) is 5.75 Å². The first-order valence-corrected chi connectivity index (χ1v) is 6.97. The Balaban J connectivity index is 2.26. The van der Waals surface area contributed by atoms with Gasteiger partial charge >= 0.3 is 5.97 Å². The molecule has 1 aromatic heterocycles. The Hall–Kier alpha value is -2.60. The van der Waals surface area contributed by atoms with Crippen LogP contribution in [0.3, 0.4) is 0 Å². The molecule has 22 heavy (non-hydrogen) atoms. The van der Waals surface area contributed by atoms with E-state index in [9.17, 15) is 14.7 Å². The van der Waals surface area contributed by atoms with Crippen LogP contribution in [-0.2, 0) is 13.0 Å². The maximum Gasteiger partial charge on any atom is 0.341 e. The molecular formula is C16H16N2O4. The zero-order chi connectivity index (χ0) is 15.7. The summed E-state index contributed by atoms with van der Waals surface area (Å²) < 4.78 is 6.54. The van der Waals surface area contributed by atoms with E-state index in [0.717, 1.165) is 5.56 Å². The number of nitrogens with one attached hydrogen (secondary N) is 1. The van der Waals surface area contributed by atoms with E-state index in [-0.39, 0.29) is 5.56 Å². The molecule has 1 aliphatic rings.